The molecule has 0 aliphatic rings. The molecule has 0 rings (SSSR count). The number of ether oxygens (including phenoxy) is 4. The van der Waals surface area contributed by atoms with Crippen LogP contribution in [0.2, 0.25) is 0 Å². The van der Waals surface area contributed by atoms with Gasteiger partial charge >= 0.3 is 0 Å². The minimum absolute atomic E-state index is 0. The minimum atomic E-state index is 0. The molecule has 0 saturated heterocycles. The monoisotopic (exact) mass is 432 g/mol. The van der Waals surface area contributed by atoms with Gasteiger partial charge in [0, 0.05) is 27.1 Å². The van der Waals surface area contributed by atoms with Gasteiger partial charge in [0.1, 0.15) is 12.1 Å². The molecule has 27 heavy (non-hydrogen) atoms. The molecule has 0 aliphatic carbocycles. The number of hydrogen-bond acceptors (Lipinski definition) is 7. The van der Waals surface area contributed by atoms with Crippen LogP contribution in [0.5, 0.6) is 0 Å². The van der Waals surface area contributed by atoms with Crippen molar-refractivity contribution in [3.8, 4) is 0 Å². The van der Waals surface area contributed by atoms with Gasteiger partial charge in [0.05, 0.1) is 39.6 Å². The van der Waals surface area contributed by atoms with Gasteiger partial charge in [-0.2, -0.15) is 0 Å². The van der Waals surface area contributed by atoms with Gasteiger partial charge in [0.15, 0.2) is 7.57 Å². The number of Topliss-reactive ketones (excluding diaryl/α,β-unsaturated/α-hetero) is 1. The normalized spacial score (nSPS) is 7.52. The predicted octanol–water partition coefficient (Wildman–Crippen LogP) is 4.53. The molecule has 6 nitrogen and oxygen atoms in total. The SMILES string of the molecule is C.C.C.C.C.COCCOCCC(C)=O.COCCOCCC=O.[B]P=S. The second kappa shape index (κ2) is 56.2. The van der Waals surface area contributed by atoms with Gasteiger partial charge in [-0.25, -0.2) is 0 Å². The standard InChI is InChI=1S/C7H14O3.C6H12O3.5CH4.BPS/c1-7(8)3-4-10-6-5-9-2;1-8-5-6-9-4-2-3-7;;;;;;1-2-3/h3-6H2,1-2H3;3H,2,4-6H2,1H3;5*1H4;. The summed E-state index contributed by atoms with van der Waals surface area (Å²) in [5.41, 5.74) is 0. The van der Waals surface area contributed by atoms with Gasteiger partial charge in [0.2, 0.25) is 0 Å². The number of hydrogen-bond donors (Lipinski definition) is 0. The van der Waals surface area contributed by atoms with E-state index in [1.165, 1.54) is 0 Å². The number of ketones is 1. The van der Waals surface area contributed by atoms with E-state index < -0.39 is 0 Å². The number of rotatable bonds is 12. The Hall–Kier alpha value is -0.235. The van der Waals surface area contributed by atoms with Gasteiger partial charge in [-0.1, -0.05) is 56.2 Å². The average Bonchev–Trinajstić information content (AvgIpc) is 2.48. The smallest absolute Gasteiger partial charge is 0.167 e. The molecular weight excluding hydrogens is 386 g/mol. The van der Waals surface area contributed by atoms with E-state index in [1.807, 2.05) is 0 Å². The van der Waals surface area contributed by atoms with E-state index in [0.29, 0.717) is 59.7 Å². The lowest BCUT2D eigenvalue weighted by Gasteiger charge is -1.99. The Balaban J connectivity index is -0.0000000335. The van der Waals surface area contributed by atoms with Crippen LogP contribution in [0.1, 0.15) is 56.9 Å². The maximum Gasteiger partial charge on any atom is 0.167 e. The van der Waals surface area contributed by atoms with E-state index in [2.05, 4.69) is 19.4 Å². The fraction of sp³-hybridized carbons (Fsp3) is 0.889. The van der Waals surface area contributed by atoms with Crippen molar-refractivity contribution in [1.29, 1.82) is 0 Å². The van der Waals surface area contributed by atoms with Gasteiger partial charge < -0.3 is 23.7 Å². The molecule has 0 spiro atoms. The lowest BCUT2D eigenvalue weighted by molar-refractivity contribution is -0.118. The Labute approximate surface area is 178 Å². The van der Waals surface area contributed by atoms with Crippen molar-refractivity contribution >= 4 is 38.7 Å². The second-order valence-electron chi connectivity index (χ2n) is 3.72. The second-order valence-corrected chi connectivity index (χ2v) is 4.57. The van der Waals surface area contributed by atoms with Crippen molar-refractivity contribution in [3.05, 3.63) is 0 Å². The molecule has 0 aromatic carbocycles. The summed E-state index contributed by atoms with van der Waals surface area (Å²) < 4.78 is 19.4. The molecule has 0 fully saturated rings. The Morgan fingerprint density at radius 2 is 1.26 bits per heavy atom. The zero-order chi connectivity index (χ0) is 17.5. The number of methoxy groups -OCH3 is 2. The number of aldehydes is 1. The Morgan fingerprint density at radius 3 is 1.56 bits per heavy atom. The predicted molar refractivity (Wildman–Crippen MR) is 125 cm³/mol. The first-order valence-electron chi connectivity index (χ1n) is 6.69. The van der Waals surface area contributed by atoms with E-state index in [1.54, 1.807) is 21.1 Å². The molecule has 9 heteroatoms. The lowest BCUT2D eigenvalue weighted by atomic mass is 10.3. The fourth-order valence-electron chi connectivity index (χ4n) is 0.836. The third-order valence-electron chi connectivity index (χ3n) is 1.84. The highest BCUT2D eigenvalue weighted by Crippen LogP contribution is 1.83. The molecule has 0 atom stereocenters. The molecule has 0 aliphatic heterocycles. The highest BCUT2D eigenvalue weighted by atomic mass is 32.4. The lowest BCUT2D eigenvalue weighted by Crippen LogP contribution is -2.05. The summed E-state index contributed by atoms with van der Waals surface area (Å²) in [6, 6.07) is 0. The molecule has 0 aromatic heterocycles. The van der Waals surface area contributed by atoms with Crippen LogP contribution in [0.15, 0.2) is 0 Å². The average molecular weight is 432 g/mol. The summed E-state index contributed by atoms with van der Waals surface area (Å²) in [5, 5.41) is 0. The maximum atomic E-state index is 10.4. The molecule has 0 bridgehead atoms. The van der Waals surface area contributed by atoms with Crippen LogP contribution < -0.4 is 0 Å². The maximum absolute atomic E-state index is 10.4. The number of carbonyl (C=O) groups is 2. The van der Waals surface area contributed by atoms with Crippen molar-refractivity contribution in [2.24, 2.45) is 0 Å². The van der Waals surface area contributed by atoms with Crippen LogP contribution in [-0.4, -0.2) is 73.5 Å². The van der Waals surface area contributed by atoms with Gasteiger partial charge in [-0.15, -0.1) is 0 Å². The first-order valence-corrected chi connectivity index (χ1v) is 8.67. The van der Waals surface area contributed by atoms with Crippen LogP contribution >= 0.6 is 7.23 Å². The van der Waals surface area contributed by atoms with E-state index >= 15 is 0 Å². The Morgan fingerprint density at radius 1 is 0.889 bits per heavy atom. The first kappa shape index (κ1) is 50.5. The fourth-order valence-corrected chi connectivity index (χ4v) is 0.836. The first-order chi connectivity index (χ1) is 10.6. The van der Waals surface area contributed by atoms with Crippen LogP contribution in [0.4, 0.5) is 0 Å². The van der Waals surface area contributed by atoms with Crippen molar-refractivity contribution < 1.29 is 28.5 Å². The quantitative estimate of drug-likeness (QED) is 0.194. The van der Waals surface area contributed by atoms with Crippen LogP contribution in [0.25, 0.3) is 0 Å². The van der Waals surface area contributed by atoms with Crippen LogP contribution in [-0.2, 0) is 40.3 Å². The highest BCUT2D eigenvalue weighted by molar-refractivity contribution is 8.07. The molecule has 0 unspecified atom stereocenters. The number of carbonyl (C=O) groups excluding carboxylic acids is 2. The van der Waals surface area contributed by atoms with Crippen molar-refractivity contribution in [2.75, 3.05) is 53.9 Å². The van der Waals surface area contributed by atoms with Crippen LogP contribution in [0.3, 0.4) is 0 Å². The third kappa shape index (κ3) is 89.3. The summed E-state index contributed by atoms with van der Waals surface area (Å²) in [7, 11) is 8.37. The van der Waals surface area contributed by atoms with Gasteiger partial charge in [-0.3, -0.25) is 4.79 Å². The Bertz CT molecular complexity index is 250. The van der Waals surface area contributed by atoms with Gasteiger partial charge in [-0.05, 0) is 6.92 Å². The summed E-state index contributed by atoms with van der Waals surface area (Å²) >= 11 is 4.14. The van der Waals surface area contributed by atoms with Crippen LogP contribution in [0, 0.1) is 0 Å². The molecular formula is C18H46BO6PS. The van der Waals surface area contributed by atoms with Gasteiger partial charge in [0.25, 0.3) is 0 Å². The summed E-state index contributed by atoms with van der Waals surface area (Å²) in [5.74, 6) is 0.164. The Kier molecular flexibility index (Phi) is 105. The summed E-state index contributed by atoms with van der Waals surface area (Å²) in [6.45, 7) is 4.91. The molecule has 0 saturated carbocycles. The van der Waals surface area contributed by atoms with E-state index in [0.717, 1.165) is 6.29 Å². The molecule has 0 aromatic rings. The third-order valence-corrected chi connectivity index (χ3v) is 1.84. The molecule has 0 heterocycles. The van der Waals surface area contributed by atoms with Crippen molar-refractivity contribution in [1.82, 2.24) is 0 Å². The molecule has 168 valence electrons. The topological polar surface area (TPSA) is 71.1 Å². The zero-order valence-corrected chi connectivity index (χ0v) is 15.3. The van der Waals surface area contributed by atoms with E-state index in [9.17, 15) is 9.59 Å². The largest absolute Gasteiger partial charge is 0.382 e. The highest BCUT2D eigenvalue weighted by Gasteiger charge is 1.91. The van der Waals surface area contributed by atoms with E-state index in [-0.39, 0.29) is 42.9 Å². The van der Waals surface area contributed by atoms with Crippen molar-refractivity contribution in [3.63, 3.8) is 0 Å². The van der Waals surface area contributed by atoms with E-state index in [4.69, 9.17) is 18.9 Å². The molecule has 0 amide bonds. The zero-order valence-electron chi connectivity index (χ0n) is 13.6. The molecule has 2 radical (unpaired) electrons. The summed E-state index contributed by atoms with van der Waals surface area (Å²) in [6.07, 6.45) is 1.82. The minimum Gasteiger partial charge on any atom is -0.382 e. The van der Waals surface area contributed by atoms with Crippen molar-refractivity contribution in [2.45, 2.75) is 56.9 Å². The molecule has 0 N–H and O–H groups in total. The summed E-state index contributed by atoms with van der Waals surface area (Å²) in [4.78, 5) is 20.1.